The first-order valence-electron chi connectivity index (χ1n) is 10.2. The molecule has 6 nitrogen and oxygen atoms in total. The Morgan fingerprint density at radius 2 is 1.82 bits per heavy atom. The van der Waals surface area contributed by atoms with Gasteiger partial charge < -0.3 is 10.1 Å². The van der Waals surface area contributed by atoms with E-state index in [1.807, 2.05) is 18.2 Å². The number of ether oxygens (including phenoxy) is 1. The molecule has 1 fully saturated rings. The zero-order valence-electron chi connectivity index (χ0n) is 17.7. The van der Waals surface area contributed by atoms with E-state index in [1.165, 1.54) is 18.2 Å². The van der Waals surface area contributed by atoms with Crippen LogP contribution in [0.4, 0.5) is 14.9 Å². The van der Waals surface area contributed by atoms with Gasteiger partial charge in [-0.15, -0.1) is 0 Å². The third kappa shape index (κ3) is 5.65. The van der Waals surface area contributed by atoms with Gasteiger partial charge in [-0.25, -0.2) is 4.39 Å². The van der Waals surface area contributed by atoms with Crippen molar-refractivity contribution in [3.05, 3.63) is 99.7 Å². The van der Waals surface area contributed by atoms with Gasteiger partial charge in [0, 0.05) is 16.3 Å². The predicted octanol–water partition coefficient (Wildman–Crippen LogP) is 5.73. The van der Waals surface area contributed by atoms with Crippen LogP contribution in [0.25, 0.3) is 6.08 Å². The molecule has 0 aromatic heterocycles. The maximum absolute atomic E-state index is 14.1. The number of para-hydroxylation sites is 1. The van der Waals surface area contributed by atoms with Crippen molar-refractivity contribution in [2.24, 2.45) is 0 Å². The van der Waals surface area contributed by atoms with Crippen LogP contribution in [-0.4, -0.2) is 28.6 Å². The first-order valence-corrected chi connectivity index (χ1v) is 11.4. The summed E-state index contributed by atoms with van der Waals surface area (Å²) < 4.78 is 19.7. The van der Waals surface area contributed by atoms with Crippen molar-refractivity contribution in [2.45, 2.75) is 6.54 Å². The van der Waals surface area contributed by atoms with E-state index in [2.05, 4.69) is 5.32 Å². The Morgan fingerprint density at radius 3 is 2.59 bits per heavy atom. The van der Waals surface area contributed by atoms with Gasteiger partial charge >= 0.3 is 0 Å². The summed E-state index contributed by atoms with van der Waals surface area (Å²) in [5, 5.41) is 2.36. The highest BCUT2D eigenvalue weighted by Crippen LogP contribution is 2.35. The summed E-state index contributed by atoms with van der Waals surface area (Å²) in [5.41, 5.74) is 1.35. The molecule has 1 aliphatic rings. The van der Waals surface area contributed by atoms with Gasteiger partial charge in [-0.05, 0) is 59.8 Å². The summed E-state index contributed by atoms with van der Waals surface area (Å²) in [6, 6.07) is 20.0. The van der Waals surface area contributed by atoms with Crippen LogP contribution in [0.15, 0.2) is 77.7 Å². The quantitative estimate of drug-likeness (QED) is 0.422. The van der Waals surface area contributed by atoms with Crippen LogP contribution in [0, 0.1) is 5.82 Å². The number of hydrogen-bond donors (Lipinski definition) is 1. The molecule has 1 aliphatic heterocycles. The number of anilines is 1. The Labute approximate surface area is 204 Å². The number of nitrogens with one attached hydrogen (secondary N) is 1. The minimum absolute atomic E-state index is 0.0805. The van der Waals surface area contributed by atoms with Crippen molar-refractivity contribution < 1.29 is 23.5 Å². The molecule has 3 aromatic rings. The molecular formula is C25H18ClFN2O4S. The fourth-order valence-corrected chi connectivity index (χ4v) is 4.25. The number of benzene rings is 3. The summed E-state index contributed by atoms with van der Waals surface area (Å²) in [6.45, 7) is -0.453. The Balaban J connectivity index is 1.42. The average molecular weight is 497 g/mol. The lowest BCUT2D eigenvalue weighted by Crippen LogP contribution is -2.28. The zero-order valence-corrected chi connectivity index (χ0v) is 19.2. The molecule has 4 rings (SSSR count). The van der Waals surface area contributed by atoms with Gasteiger partial charge in [-0.1, -0.05) is 48.0 Å². The van der Waals surface area contributed by atoms with Gasteiger partial charge in [-0.2, -0.15) is 0 Å². The average Bonchev–Trinajstić information content (AvgIpc) is 3.08. The van der Waals surface area contributed by atoms with Crippen molar-refractivity contribution in [3.8, 4) is 5.75 Å². The third-order valence-electron chi connectivity index (χ3n) is 4.83. The second-order valence-corrected chi connectivity index (χ2v) is 8.64. The van der Waals surface area contributed by atoms with E-state index in [-0.39, 0.29) is 34.6 Å². The monoisotopic (exact) mass is 496 g/mol. The molecule has 0 aliphatic carbocycles. The normalized spacial score (nSPS) is 14.5. The van der Waals surface area contributed by atoms with E-state index in [9.17, 15) is 18.8 Å². The second kappa shape index (κ2) is 10.5. The number of thioether (sulfide) groups is 1. The fraction of sp³-hybridized carbons (Fsp3) is 0.0800. The van der Waals surface area contributed by atoms with Gasteiger partial charge in [0.25, 0.3) is 17.1 Å². The summed E-state index contributed by atoms with van der Waals surface area (Å²) in [6.07, 6.45) is 1.55. The second-order valence-electron chi connectivity index (χ2n) is 7.24. The highest BCUT2D eigenvalue weighted by atomic mass is 35.5. The van der Waals surface area contributed by atoms with E-state index < -0.39 is 17.0 Å². The van der Waals surface area contributed by atoms with Gasteiger partial charge in [-0.3, -0.25) is 19.3 Å². The third-order valence-corrected chi connectivity index (χ3v) is 6.10. The number of imide groups is 1. The summed E-state index contributed by atoms with van der Waals surface area (Å²) in [7, 11) is 0. The van der Waals surface area contributed by atoms with Crippen LogP contribution in [0.3, 0.4) is 0 Å². The molecule has 3 amide bonds. The summed E-state index contributed by atoms with van der Waals surface area (Å²) in [5.74, 6) is -1.02. The highest BCUT2D eigenvalue weighted by Gasteiger charge is 2.35. The number of amides is 3. The first kappa shape index (κ1) is 23.5. The molecule has 1 N–H and O–H groups in total. The van der Waals surface area contributed by atoms with Crippen LogP contribution >= 0.6 is 23.4 Å². The molecule has 1 heterocycles. The molecular weight excluding hydrogens is 479 g/mol. The van der Waals surface area contributed by atoms with Crippen LogP contribution < -0.4 is 10.1 Å². The number of rotatable bonds is 7. The number of hydrogen-bond acceptors (Lipinski definition) is 5. The van der Waals surface area contributed by atoms with Gasteiger partial charge in [0.2, 0.25) is 0 Å². The molecule has 0 spiro atoms. The van der Waals surface area contributed by atoms with E-state index in [1.54, 1.807) is 42.5 Å². The first-order chi connectivity index (χ1) is 16.4. The van der Waals surface area contributed by atoms with E-state index >= 15 is 0 Å². The number of carbonyl (C=O) groups excluding carboxylic acids is 3. The highest BCUT2D eigenvalue weighted by molar-refractivity contribution is 8.18. The summed E-state index contributed by atoms with van der Waals surface area (Å²) in [4.78, 5) is 38.4. The lowest BCUT2D eigenvalue weighted by Gasteiger charge is -2.14. The minimum atomic E-state index is -0.586. The molecule has 0 unspecified atom stereocenters. The smallest absolute Gasteiger partial charge is 0.293 e. The standard InChI is InChI=1S/C25H18ClFN2O4S/c26-20-10-5-11-21(27)19(20)14-29-24(31)22(34-25(29)32)13-16-6-4-9-18(12-16)33-15-23(30)28-17-7-2-1-3-8-17/h1-13H,14-15H2,(H,28,30)/b22-13-. The number of nitrogens with zero attached hydrogens (tertiary/aromatic N) is 1. The molecule has 9 heteroatoms. The van der Waals surface area contributed by atoms with Gasteiger partial charge in [0.15, 0.2) is 6.61 Å². The van der Waals surface area contributed by atoms with Gasteiger partial charge in [0.05, 0.1) is 11.4 Å². The molecule has 0 radical (unpaired) electrons. The number of carbonyl (C=O) groups is 3. The zero-order chi connectivity index (χ0) is 24.1. The fourth-order valence-electron chi connectivity index (χ4n) is 3.19. The van der Waals surface area contributed by atoms with Crippen molar-refractivity contribution in [1.82, 2.24) is 4.90 Å². The topological polar surface area (TPSA) is 75.7 Å². The maximum Gasteiger partial charge on any atom is 0.293 e. The molecule has 0 saturated carbocycles. The molecule has 1 saturated heterocycles. The van der Waals surface area contributed by atoms with Crippen molar-refractivity contribution in [2.75, 3.05) is 11.9 Å². The maximum atomic E-state index is 14.1. The molecule has 34 heavy (non-hydrogen) atoms. The molecule has 0 atom stereocenters. The Bertz CT molecular complexity index is 1260. The molecule has 172 valence electrons. The van der Waals surface area contributed by atoms with E-state index in [0.29, 0.717) is 17.0 Å². The van der Waals surface area contributed by atoms with Crippen molar-refractivity contribution >= 4 is 52.2 Å². The van der Waals surface area contributed by atoms with E-state index in [4.69, 9.17) is 16.3 Å². The Kier molecular flexibility index (Phi) is 7.30. The SMILES string of the molecule is O=C(COc1cccc(/C=C2\SC(=O)N(Cc3c(F)cccc3Cl)C2=O)c1)Nc1ccccc1. The van der Waals surface area contributed by atoms with Crippen LogP contribution in [0.5, 0.6) is 5.75 Å². The van der Waals surface area contributed by atoms with Crippen molar-refractivity contribution in [1.29, 1.82) is 0 Å². The van der Waals surface area contributed by atoms with Crippen LogP contribution in [-0.2, 0) is 16.1 Å². The Hall–Kier alpha value is -3.62. The van der Waals surface area contributed by atoms with Gasteiger partial charge in [0.1, 0.15) is 11.6 Å². The summed E-state index contributed by atoms with van der Waals surface area (Å²) >= 11 is 6.79. The lowest BCUT2D eigenvalue weighted by atomic mass is 10.2. The largest absolute Gasteiger partial charge is 0.484 e. The molecule has 0 bridgehead atoms. The molecule has 3 aromatic carbocycles. The van der Waals surface area contributed by atoms with Crippen molar-refractivity contribution in [3.63, 3.8) is 0 Å². The Morgan fingerprint density at radius 1 is 1.06 bits per heavy atom. The minimum Gasteiger partial charge on any atom is -0.484 e. The lowest BCUT2D eigenvalue weighted by molar-refractivity contribution is -0.123. The van der Waals surface area contributed by atoms with Crippen LogP contribution in [0.2, 0.25) is 5.02 Å². The van der Waals surface area contributed by atoms with Crippen LogP contribution in [0.1, 0.15) is 11.1 Å². The number of halogens is 2. The predicted molar refractivity (Wildman–Crippen MR) is 130 cm³/mol. The van der Waals surface area contributed by atoms with E-state index in [0.717, 1.165) is 16.7 Å².